The highest BCUT2D eigenvalue weighted by molar-refractivity contribution is 6.18. The zero-order chi connectivity index (χ0) is 6.41. The molecule has 0 unspecified atom stereocenters. The molecule has 0 N–H and O–H groups in total. The predicted octanol–water partition coefficient (Wildman–Crippen LogP) is 0.232. The second-order valence-electron chi connectivity index (χ2n) is 1.11. The van der Waals surface area contributed by atoms with E-state index in [1.807, 2.05) is 0 Å². The first-order chi connectivity index (χ1) is 3.81. The van der Waals surface area contributed by atoms with Crippen LogP contribution < -0.4 is 0 Å². The Balaban J connectivity index is 3.33. The molecule has 0 amide bonds. The van der Waals surface area contributed by atoms with Crippen molar-refractivity contribution in [1.29, 1.82) is 0 Å². The van der Waals surface area contributed by atoms with Crippen LogP contribution in [0.3, 0.4) is 0 Å². The molecule has 0 aromatic carbocycles. The minimum atomic E-state index is -0.394. The standard InChI is InChI=1S/C5H7BO2/c1-2-8-5(7)3-4-6/h3-4H,2H2,1H3/b4-3+. The number of ether oxygens (including phenoxy) is 1. The highest BCUT2D eigenvalue weighted by atomic mass is 16.5. The summed E-state index contributed by atoms with van der Waals surface area (Å²) in [6, 6.07) is 0. The van der Waals surface area contributed by atoms with Gasteiger partial charge >= 0.3 is 5.97 Å². The summed E-state index contributed by atoms with van der Waals surface area (Å²) in [5, 5.41) is 0. The summed E-state index contributed by atoms with van der Waals surface area (Å²) in [6.45, 7) is 2.13. The molecule has 2 nitrogen and oxygen atoms in total. The molecule has 0 spiro atoms. The summed E-state index contributed by atoms with van der Waals surface area (Å²) >= 11 is 0. The van der Waals surface area contributed by atoms with Crippen LogP contribution in [0.15, 0.2) is 12.1 Å². The number of esters is 1. The van der Waals surface area contributed by atoms with Gasteiger partial charge in [-0.15, -0.1) is 5.98 Å². The molecular weight excluding hydrogens is 103 g/mol. The Kier molecular flexibility index (Phi) is 4.03. The van der Waals surface area contributed by atoms with Crippen LogP contribution in [0.25, 0.3) is 0 Å². The quantitative estimate of drug-likeness (QED) is 0.289. The lowest BCUT2D eigenvalue weighted by molar-refractivity contribution is -0.137. The zero-order valence-corrected chi connectivity index (χ0v) is 4.76. The number of carbonyl (C=O) groups is 1. The summed E-state index contributed by atoms with van der Waals surface area (Å²) in [4.78, 5) is 10.3. The Hall–Kier alpha value is -0.725. The molecule has 0 aromatic rings. The molecule has 2 radical (unpaired) electrons. The van der Waals surface area contributed by atoms with Gasteiger partial charge in [-0.05, 0) is 6.92 Å². The fourth-order valence-electron chi connectivity index (χ4n) is 0.269. The Morgan fingerprint density at radius 3 is 2.88 bits per heavy atom. The number of carbonyl (C=O) groups excluding carboxylic acids is 1. The van der Waals surface area contributed by atoms with E-state index >= 15 is 0 Å². The molecule has 0 saturated carbocycles. The van der Waals surface area contributed by atoms with E-state index in [9.17, 15) is 4.79 Å². The summed E-state index contributed by atoms with van der Waals surface area (Å²) in [6.07, 6.45) is 1.17. The van der Waals surface area contributed by atoms with Gasteiger partial charge in [0.25, 0.3) is 0 Å². The van der Waals surface area contributed by atoms with Crippen LogP contribution in [0.5, 0.6) is 0 Å². The van der Waals surface area contributed by atoms with Gasteiger partial charge in [0, 0.05) is 6.08 Å². The third-order valence-corrected chi connectivity index (χ3v) is 0.519. The van der Waals surface area contributed by atoms with Crippen LogP contribution in [0.2, 0.25) is 0 Å². The maximum absolute atomic E-state index is 10.3. The van der Waals surface area contributed by atoms with Crippen molar-refractivity contribution in [2.24, 2.45) is 0 Å². The van der Waals surface area contributed by atoms with Crippen molar-refractivity contribution in [2.45, 2.75) is 6.92 Å². The van der Waals surface area contributed by atoms with Crippen molar-refractivity contribution in [3.05, 3.63) is 12.1 Å². The average Bonchev–Trinajstić information content (AvgIpc) is 1.68. The Bertz CT molecular complexity index is 98.6. The summed E-state index contributed by atoms with van der Waals surface area (Å²) in [7, 11) is 4.88. The van der Waals surface area contributed by atoms with Crippen molar-refractivity contribution < 1.29 is 9.53 Å². The van der Waals surface area contributed by atoms with E-state index in [1.54, 1.807) is 6.92 Å². The normalized spacial score (nSPS) is 9.62. The average molecular weight is 110 g/mol. The first-order valence-corrected chi connectivity index (χ1v) is 2.36. The molecule has 3 heteroatoms. The van der Waals surface area contributed by atoms with E-state index in [4.69, 9.17) is 7.85 Å². The first-order valence-electron chi connectivity index (χ1n) is 2.36. The van der Waals surface area contributed by atoms with Crippen molar-refractivity contribution >= 4 is 13.8 Å². The van der Waals surface area contributed by atoms with Gasteiger partial charge in [-0.2, -0.15) is 0 Å². The lowest BCUT2D eigenvalue weighted by Crippen LogP contribution is -1.98. The van der Waals surface area contributed by atoms with E-state index in [0.29, 0.717) is 6.61 Å². The fourth-order valence-corrected chi connectivity index (χ4v) is 0.269. The van der Waals surface area contributed by atoms with Crippen LogP contribution in [0.4, 0.5) is 0 Å². The molecule has 0 aromatic heterocycles. The molecule has 0 saturated heterocycles. The van der Waals surface area contributed by atoms with Gasteiger partial charge in [0.1, 0.15) is 7.85 Å². The first kappa shape index (κ1) is 7.27. The van der Waals surface area contributed by atoms with Gasteiger partial charge in [-0.3, -0.25) is 0 Å². The smallest absolute Gasteiger partial charge is 0.329 e. The Morgan fingerprint density at radius 1 is 1.88 bits per heavy atom. The lowest BCUT2D eigenvalue weighted by atomic mass is 10.1. The van der Waals surface area contributed by atoms with E-state index < -0.39 is 5.97 Å². The van der Waals surface area contributed by atoms with Crippen molar-refractivity contribution in [3.8, 4) is 0 Å². The van der Waals surface area contributed by atoms with Crippen molar-refractivity contribution in [1.82, 2.24) is 0 Å². The molecule has 0 aliphatic heterocycles. The van der Waals surface area contributed by atoms with Crippen LogP contribution in [0.1, 0.15) is 6.92 Å². The minimum Gasteiger partial charge on any atom is -0.463 e. The summed E-state index contributed by atoms with van der Waals surface area (Å²) < 4.78 is 4.48. The van der Waals surface area contributed by atoms with Gasteiger partial charge < -0.3 is 4.74 Å². The number of rotatable bonds is 2. The molecule has 0 aliphatic rings. The van der Waals surface area contributed by atoms with Crippen LogP contribution in [0, 0.1) is 0 Å². The molecule has 0 fully saturated rings. The molecule has 8 heavy (non-hydrogen) atoms. The maximum Gasteiger partial charge on any atom is 0.329 e. The summed E-state index contributed by atoms with van der Waals surface area (Å²) in [5.74, 6) is 0.757. The van der Waals surface area contributed by atoms with Crippen molar-refractivity contribution in [3.63, 3.8) is 0 Å². The number of hydrogen-bond donors (Lipinski definition) is 0. The molecule has 42 valence electrons. The third kappa shape index (κ3) is 3.46. The third-order valence-electron chi connectivity index (χ3n) is 0.519. The largest absolute Gasteiger partial charge is 0.463 e. The number of hydrogen-bond acceptors (Lipinski definition) is 2. The van der Waals surface area contributed by atoms with Gasteiger partial charge in [0.2, 0.25) is 0 Å². The second kappa shape index (κ2) is 4.43. The van der Waals surface area contributed by atoms with E-state index in [2.05, 4.69) is 4.74 Å². The molecule has 0 bridgehead atoms. The van der Waals surface area contributed by atoms with Gasteiger partial charge in [-0.25, -0.2) is 4.79 Å². The van der Waals surface area contributed by atoms with Crippen LogP contribution in [-0.4, -0.2) is 20.4 Å². The van der Waals surface area contributed by atoms with Crippen LogP contribution in [-0.2, 0) is 9.53 Å². The fraction of sp³-hybridized carbons (Fsp3) is 0.400. The zero-order valence-electron chi connectivity index (χ0n) is 4.76. The van der Waals surface area contributed by atoms with Crippen LogP contribution >= 0.6 is 0 Å². The van der Waals surface area contributed by atoms with Gasteiger partial charge in [0.15, 0.2) is 0 Å². The topological polar surface area (TPSA) is 26.3 Å². The second-order valence-corrected chi connectivity index (χ2v) is 1.11. The van der Waals surface area contributed by atoms with Crippen molar-refractivity contribution in [2.75, 3.05) is 6.61 Å². The molecule has 0 aliphatic carbocycles. The predicted molar refractivity (Wildman–Crippen MR) is 31.5 cm³/mol. The van der Waals surface area contributed by atoms with Gasteiger partial charge in [-0.1, -0.05) is 0 Å². The monoisotopic (exact) mass is 110 g/mol. The maximum atomic E-state index is 10.3. The van der Waals surface area contributed by atoms with E-state index in [0.717, 1.165) is 5.98 Å². The Morgan fingerprint density at radius 2 is 2.50 bits per heavy atom. The van der Waals surface area contributed by atoms with E-state index in [-0.39, 0.29) is 0 Å². The van der Waals surface area contributed by atoms with Gasteiger partial charge in [0.05, 0.1) is 6.61 Å². The lowest BCUT2D eigenvalue weighted by Gasteiger charge is -1.91. The minimum absolute atomic E-state index is 0.392. The molecular formula is C5H7BO2. The SMILES string of the molecule is [B]/C=C/C(=O)OCC. The highest BCUT2D eigenvalue weighted by Gasteiger charge is 1.88. The Labute approximate surface area is 49.9 Å². The highest BCUT2D eigenvalue weighted by Crippen LogP contribution is 1.76. The molecule has 0 heterocycles. The molecule has 0 atom stereocenters. The van der Waals surface area contributed by atoms with E-state index in [1.165, 1.54) is 6.08 Å². The molecule has 0 rings (SSSR count). The summed E-state index contributed by atoms with van der Waals surface area (Å²) in [5.41, 5.74) is 0.